The van der Waals surface area contributed by atoms with Gasteiger partial charge in [0.15, 0.2) is 0 Å². The minimum absolute atomic E-state index is 0.105. The molecule has 0 aliphatic carbocycles. The van der Waals surface area contributed by atoms with E-state index < -0.39 is 29.5 Å². The van der Waals surface area contributed by atoms with Crippen LogP contribution in [0.25, 0.3) is 5.76 Å². The van der Waals surface area contributed by atoms with Gasteiger partial charge in [-0.2, -0.15) is 0 Å². The number of pyridine rings is 1. The van der Waals surface area contributed by atoms with Gasteiger partial charge in [-0.15, -0.1) is 0 Å². The predicted octanol–water partition coefficient (Wildman–Crippen LogP) is 0.798. The number of aryl methyl sites for hydroxylation is 1. The number of ether oxygens (including phenoxy) is 1. The van der Waals surface area contributed by atoms with Gasteiger partial charge in [-0.3, -0.25) is 19.6 Å². The zero-order valence-electron chi connectivity index (χ0n) is 17.9. The van der Waals surface area contributed by atoms with Crippen molar-refractivity contribution in [3.05, 3.63) is 89.8 Å². The molecule has 1 atom stereocenters. The number of imidazole rings is 1. The van der Waals surface area contributed by atoms with Crippen LogP contribution >= 0.6 is 0 Å². The van der Waals surface area contributed by atoms with Crippen molar-refractivity contribution < 1.29 is 28.8 Å². The summed E-state index contributed by atoms with van der Waals surface area (Å²) >= 11 is 0. The maximum Gasteiger partial charge on any atom is 0.337 e. The molecule has 2 aromatic heterocycles. The number of H-pyrrole nitrogens is 1. The van der Waals surface area contributed by atoms with Crippen LogP contribution < -0.4 is 9.67 Å². The molecule has 9 nitrogen and oxygen atoms in total. The van der Waals surface area contributed by atoms with Gasteiger partial charge in [-0.25, -0.2) is 9.36 Å². The number of aromatic nitrogens is 3. The Morgan fingerprint density at radius 3 is 2.52 bits per heavy atom. The summed E-state index contributed by atoms with van der Waals surface area (Å²) < 4.78 is 6.66. The quantitative estimate of drug-likeness (QED) is 0.189. The molecule has 1 aliphatic heterocycles. The number of carbonyl (C=O) groups excluding carboxylic acids is 3. The molecule has 33 heavy (non-hydrogen) atoms. The molecule has 0 spiro atoms. The number of esters is 1. The second-order valence-corrected chi connectivity index (χ2v) is 7.53. The lowest BCUT2D eigenvalue weighted by Crippen LogP contribution is -2.36. The number of aromatic amines is 1. The highest BCUT2D eigenvalue weighted by atomic mass is 16.5. The summed E-state index contributed by atoms with van der Waals surface area (Å²) in [5.74, 6) is -2.54. The minimum Gasteiger partial charge on any atom is -0.872 e. The molecule has 4 rings (SSSR count). The molecule has 1 aromatic carbocycles. The highest BCUT2D eigenvalue weighted by molar-refractivity contribution is 6.46. The zero-order chi connectivity index (χ0) is 23.4. The lowest BCUT2D eigenvalue weighted by Gasteiger charge is -2.27. The third-order valence-electron chi connectivity index (χ3n) is 5.54. The monoisotopic (exact) mass is 446 g/mol. The van der Waals surface area contributed by atoms with Gasteiger partial charge in [0.2, 0.25) is 12.1 Å². The van der Waals surface area contributed by atoms with E-state index in [9.17, 15) is 19.5 Å². The Kier molecular flexibility index (Phi) is 6.30. The summed E-state index contributed by atoms with van der Waals surface area (Å²) in [6.07, 6.45) is 8.95. The smallest absolute Gasteiger partial charge is 0.337 e. The Morgan fingerprint density at radius 2 is 1.88 bits per heavy atom. The second-order valence-electron chi connectivity index (χ2n) is 7.53. The van der Waals surface area contributed by atoms with E-state index in [1.165, 1.54) is 36.5 Å². The van der Waals surface area contributed by atoms with Crippen LogP contribution in [0.5, 0.6) is 0 Å². The van der Waals surface area contributed by atoms with Crippen LogP contribution in [0.2, 0.25) is 0 Å². The molecule has 3 aromatic rings. The molecule has 0 saturated carbocycles. The van der Waals surface area contributed by atoms with E-state index in [1.54, 1.807) is 36.8 Å². The number of Topliss-reactive ketones (excluding diaryl/α,β-unsaturated/α-hetero) is 1. The fraction of sp³-hybridized carbons (Fsp3) is 0.208. The van der Waals surface area contributed by atoms with E-state index in [0.29, 0.717) is 24.1 Å². The maximum atomic E-state index is 13.3. The third kappa shape index (κ3) is 4.38. The summed E-state index contributed by atoms with van der Waals surface area (Å²) in [6.45, 7) is 0.905. The van der Waals surface area contributed by atoms with E-state index in [1.807, 2.05) is 10.8 Å². The molecule has 9 heteroatoms. The summed E-state index contributed by atoms with van der Waals surface area (Å²) in [7, 11) is 1.29. The SMILES string of the molecule is COC(=O)c1ccc(C2C(=C([O-])c3ccncc3)C(=O)C(=O)N2CCC[n+]2cc[nH]c2)cc1. The number of amides is 1. The second kappa shape index (κ2) is 9.47. The molecule has 168 valence electrons. The first kappa shape index (κ1) is 21.9. The molecule has 0 radical (unpaired) electrons. The summed E-state index contributed by atoms with van der Waals surface area (Å²) in [6, 6.07) is 8.54. The summed E-state index contributed by atoms with van der Waals surface area (Å²) in [5, 5.41) is 13.3. The standard InChI is InChI=1S/C24H22N4O5/c1-33-24(32)18-5-3-16(4-6-18)20-19(21(29)17-7-9-25-10-8-17)22(30)23(31)28(20)13-2-12-27-14-11-26-15-27/h3-11,14-15,20H,2,12-13H2,1H3,(H,29,30). The maximum absolute atomic E-state index is 13.3. The van der Waals surface area contributed by atoms with Crippen molar-refractivity contribution in [3.8, 4) is 0 Å². The van der Waals surface area contributed by atoms with Gasteiger partial charge < -0.3 is 14.7 Å². The van der Waals surface area contributed by atoms with Crippen LogP contribution in [0, 0.1) is 0 Å². The number of nitrogens with one attached hydrogen (secondary N) is 1. The van der Waals surface area contributed by atoms with Gasteiger partial charge in [-0.1, -0.05) is 17.9 Å². The van der Waals surface area contributed by atoms with E-state index in [0.717, 1.165) is 0 Å². The normalized spacial score (nSPS) is 17.4. The fourth-order valence-electron chi connectivity index (χ4n) is 3.91. The first-order valence-electron chi connectivity index (χ1n) is 10.4. The lowest BCUT2D eigenvalue weighted by molar-refractivity contribution is -0.695. The van der Waals surface area contributed by atoms with Crippen LogP contribution in [0.15, 0.2) is 73.1 Å². The number of nitrogens with zero attached hydrogens (tertiary/aromatic N) is 3. The van der Waals surface area contributed by atoms with E-state index in [2.05, 4.69) is 9.97 Å². The average Bonchev–Trinajstić information content (AvgIpc) is 3.46. The largest absolute Gasteiger partial charge is 0.872 e. The number of benzene rings is 1. The number of rotatable bonds is 7. The Hall–Kier alpha value is -4.27. The van der Waals surface area contributed by atoms with E-state index in [-0.39, 0.29) is 17.7 Å². The van der Waals surface area contributed by atoms with Crippen molar-refractivity contribution in [1.29, 1.82) is 0 Å². The first-order chi connectivity index (χ1) is 16.0. The number of ketones is 1. The molecular weight excluding hydrogens is 424 g/mol. The Morgan fingerprint density at radius 1 is 1.15 bits per heavy atom. The Balaban J connectivity index is 1.72. The minimum atomic E-state index is -0.853. The number of methoxy groups -OCH3 is 1. The Bertz CT molecular complexity index is 1190. The van der Waals surface area contributed by atoms with Gasteiger partial charge in [0.05, 0.1) is 25.3 Å². The molecule has 1 saturated heterocycles. The van der Waals surface area contributed by atoms with Crippen LogP contribution in [0.4, 0.5) is 0 Å². The third-order valence-corrected chi connectivity index (χ3v) is 5.54. The number of carbonyl (C=O) groups is 3. The number of likely N-dealkylation sites (tertiary alicyclic amines) is 1. The molecule has 1 fully saturated rings. The van der Waals surface area contributed by atoms with Gasteiger partial charge in [-0.05, 0) is 35.4 Å². The molecule has 1 amide bonds. The van der Waals surface area contributed by atoms with Crippen molar-refractivity contribution in [2.24, 2.45) is 0 Å². The molecule has 0 bridgehead atoms. The lowest BCUT2D eigenvalue weighted by atomic mass is 9.95. The summed E-state index contributed by atoms with van der Waals surface area (Å²) in [4.78, 5) is 46.0. The molecule has 1 N–H and O–H groups in total. The topological polar surface area (TPSA) is 119 Å². The molecule has 1 aliphatic rings. The van der Waals surface area contributed by atoms with Gasteiger partial charge >= 0.3 is 5.97 Å². The van der Waals surface area contributed by atoms with Gasteiger partial charge in [0, 0.05) is 30.9 Å². The highest BCUT2D eigenvalue weighted by Crippen LogP contribution is 2.38. The fourth-order valence-corrected chi connectivity index (χ4v) is 3.91. The summed E-state index contributed by atoms with van der Waals surface area (Å²) in [5.41, 5.74) is 1.07. The van der Waals surface area contributed by atoms with Crippen molar-refractivity contribution in [2.45, 2.75) is 19.0 Å². The van der Waals surface area contributed by atoms with Crippen LogP contribution in [0.3, 0.4) is 0 Å². The van der Waals surface area contributed by atoms with Crippen LogP contribution in [-0.2, 0) is 20.9 Å². The van der Waals surface area contributed by atoms with Gasteiger partial charge in [0.25, 0.3) is 5.91 Å². The van der Waals surface area contributed by atoms with Crippen LogP contribution in [-0.4, -0.2) is 46.2 Å². The number of hydrogen-bond donors (Lipinski definition) is 1. The first-order valence-corrected chi connectivity index (χ1v) is 10.4. The van der Waals surface area contributed by atoms with E-state index >= 15 is 0 Å². The van der Waals surface area contributed by atoms with E-state index in [4.69, 9.17) is 4.74 Å². The molecular formula is C24H22N4O5. The number of hydrogen-bond acceptors (Lipinski definition) is 6. The van der Waals surface area contributed by atoms with Crippen molar-refractivity contribution in [3.63, 3.8) is 0 Å². The van der Waals surface area contributed by atoms with Crippen LogP contribution in [0.1, 0.15) is 33.9 Å². The van der Waals surface area contributed by atoms with Crippen molar-refractivity contribution >= 4 is 23.4 Å². The average molecular weight is 446 g/mol. The van der Waals surface area contributed by atoms with Gasteiger partial charge in [0.1, 0.15) is 12.4 Å². The zero-order valence-corrected chi connectivity index (χ0v) is 17.9. The Labute approximate surface area is 190 Å². The van der Waals surface area contributed by atoms with Crippen molar-refractivity contribution in [2.75, 3.05) is 13.7 Å². The van der Waals surface area contributed by atoms with Crippen molar-refractivity contribution in [1.82, 2.24) is 14.9 Å². The predicted molar refractivity (Wildman–Crippen MR) is 114 cm³/mol. The highest BCUT2D eigenvalue weighted by Gasteiger charge is 2.43. The molecule has 1 unspecified atom stereocenters. The molecule has 3 heterocycles.